The van der Waals surface area contributed by atoms with Crippen molar-refractivity contribution in [1.82, 2.24) is 14.4 Å². The van der Waals surface area contributed by atoms with E-state index in [2.05, 4.69) is 9.47 Å². The Hall–Kier alpha value is -3.10. The molecule has 2 aliphatic heterocycles. The van der Waals surface area contributed by atoms with E-state index in [4.69, 9.17) is 9.47 Å². The highest BCUT2D eigenvalue weighted by Crippen LogP contribution is 2.35. The number of hydrogen-bond donors (Lipinski definition) is 0. The number of thiophene rings is 1. The van der Waals surface area contributed by atoms with E-state index in [-0.39, 0.29) is 18.5 Å². The molecule has 166 valence electrons. The number of nitrogens with zero attached hydrogens (tertiary/aromatic N) is 3. The summed E-state index contributed by atoms with van der Waals surface area (Å²) >= 11 is 1.47. The molecule has 0 bridgehead atoms. The molecule has 2 aliphatic rings. The molecule has 1 saturated heterocycles. The lowest BCUT2D eigenvalue weighted by Gasteiger charge is -2.34. The number of piperazine rings is 1. The fourth-order valence-corrected chi connectivity index (χ4v) is 5.11. The van der Waals surface area contributed by atoms with E-state index in [1.165, 1.54) is 11.3 Å². The number of rotatable bonds is 5. The summed E-state index contributed by atoms with van der Waals surface area (Å²) in [6.45, 7) is 7.24. The minimum absolute atomic E-state index is 0.0817. The number of ether oxygens (including phenoxy) is 2. The highest BCUT2D eigenvalue weighted by Gasteiger charge is 2.25. The summed E-state index contributed by atoms with van der Waals surface area (Å²) in [7, 11) is 0. The molecule has 1 amide bonds. The van der Waals surface area contributed by atoms with Crippen LogP contribution < -0.4 is 9.47 Å². The van der Waals surface area contributed by atoms with Gasteiger partial charge in [-0.1, -0.05) is 6.07 Å². The first-order valence-electron chi connectivity index (χ1n) is 10.7. The maximum absolute atomic E-state index is 13.1. The summed E-state index contributed by atoms with van der Waals surface area (Å²) in [5.41, 5.74) is 3.59. The number of carbonyl (C=O) groups excluding carboxylic acids is 2. The van der Waals surface area contributed by atoms with E-state index in [1.54, 1.807) is 0 Å². The maximum atomic E-state index is 13.1. The molecule has 1 fully saturated rings. The van der Waals surface area contributed by atoms with Crippen molar-refractivity contribution in [3.63, 3.8) is 0 Å². The van der Waals surface area contributed by atoms with Crippen molar-refractivity contribution in [3.8, 4) is 17.2 Å². The lowest BCUT2D eigenvalue weighted by Crippen LogP contribution is -2.49. The molecule has 3 aromatic rings. The van der Waals surface area contributed by atoms with Crippen LogP contribution >= 0.6 is 11.3 Å². The van der Waals surface area contributed by atoms with Gasteiger partial charge in [0.05, 0.1) is 11.4 Å². The van der Waals surface area contributed by atoms with E-state index in [9.17, 15) is 9.59 Å². The second-order valence-corrected chi connectivity index (χ2v) is 9.07. The van der Waals surface area contributed by atoms with Gasteiger partial charge in [0.1, 0.15) is 0 Å². The van der Waals surface area contributed by atoms with Crippen LogP contribution in [0.3, 0.4) is 0 Å². The predicted molar refractivity (Wildman–Crippen MR) is 122 cm³/mol. The topological polar surface area (TPSA) is 64.0 Å². The number of ketones is 1. The minimum Gasteiger partial charge on any atom is -0.454 e. The van der Waals surface area contributed by atoms with Crippen molar-refractivity contribution in [2.24, 2.45) is 0 Å². The Kier molecular flexibility index (Phi) is 5.48. The second-order valence-electron chi connectivity index (χ2n) is 8.13. The van der Waals surface area contributed by atoms with Crippen LogP contribution in [0.5, 0.6) is 11.5 Å². The van der Waals surface area contributed by atoms with Gasteiger partial charge in [-0.15, -0.1) is 11.3 Å². The van der Waals surface area contributed by atoms with E-state index in [0.717, 1.165) is 39.0 Å². The van der Waals surface area contributed by atoms with Crippen LogP contribution in [0.1, 0.15) is 31.4 Å². The van der Waals surface area contributed by atoms with Gasteiger partial charge < -0.3 is 18.9 Å². The standard InChI is InChI=1S/C24H25N3O4S/c1-16-12-19(17(2)27(16)18-5-6-21-22(13-18)31-15-30-21)20(28)14-25-7-9-26(10-8-25)24(29)23-4-3-11-32-23/h3-6,11-13H,7-10,14-15H2,1-2H3. The smallest absolute Gasteiger partial charge is 0.264 e. The molecule has 5 rings (SSSR count). The highest BCUT2D eigenvalue weighted by molar-refractivity contribution is 7.12. The first-order valence-corrected chi connectivity index (χ1v) is 11.6. The van der Waals surface area contributed by atoms with E-state index in [0.29, 0.717) is 32.7 Å². The Morgan fingerprint density at radius 2 is 1.78 bits per heavy atom. The second kappa shape index (κ2) is 8.44. The Balaban J connectivity index is 1.26. The monoisotopic (exact) mass is 451 g/mol. The normalized spacial score (nSPS) is 15.9. The number of Topliss-reactive ketones (excluding diaryl/α,β-unsaturated/α-hetero) is 1. The van der Waals surface area contributed by atoms with Crippen molar-refractivity contribution in [3.05, 3.63) is 63.6 Å². The Bertz CT molecular complexity index is 1160. The minimum atomic E-state index is 0.0817. The zero-order chi connectivity index (χ0) is 22.2. The Labute approximate surface area is 190 Å². The summed E-state index contributed by atoms with van der Waals surface area (Å²) in [4.78, 5) is 30.4. The number of benzene rings is 1. The Morgan fingerprint density at radius 1 is 1.00 bits per heavy atom. The molecule has 32 heavy (non-hydrogen) atoms. The molecule has 0 saturated carbocycles. The molecule has 0 unspecified atom stereocenters. The van der Waals surface area contributed by atoms with Crippen molar-refractivity contribution >= 4 is 23.0 Å². The molecule has 4 heterocycles. The number of fused-ring (bicyclic) bond motifs is 1. The van der Waals surface area contributed by atoms with Crippen LogP contribution in [-0.2, 0) is 0 Å². The van der Waals surface area contributed by atoms with Crippen molar-refractivity contribution in [1.29, 1.82) is 0 Å². The summed E-state index contributed by atoms with van der Waals surface area (Å²) in [6, 6.07) is 11.5. The molecule has 0 radical (unpaired) electrons. The van der Waals surface area contributed by atoms with Gasteiger partial charge in [-0.3, -0.25) is 14.5 Å². The molecule has 0 atom stereocenters. The van der Waals surface area contributed by atoms with Gasteiger partial charge in [-0.05, 0) is 43.5 Å². The lowest BCUT2D eigenvalue weighted by atomic mass is 10.1. The van der Waals surface area contributed by atoms with E-state index in [1.807, 2.05) is 60.5 Å². The molecular formula is C24H25N3O4S. The van der Waals surface area contributed by atoms with Gasteiger partial charge >= 0.3 is 0 Å². The molecule has 1 aromatic carbocycles. The molecule has 0 aliphatic carbocycles. The van der Waals surface area contributed by atoms with E-state index < -0.39 is 0 Å². The average Bonchev–Trinajstić information content (AvgIpc) is 3.54. The summed E-state index contributed by atoms with van der Waals surface area (Å²) in [5.74, 6) is 1.64. The van der Waals surface area contributed by atoms with Crippen molar-refractivity contribution in [2.75, 3.05) is 39.5 Å². The van der Waals surface area contributed by atoms with Crippen LogP contribution in [0.15, 0.2) is 41.8 Å². The zero-order valence-electron chi connectivity index (χ0n) is 18.2. The lowest BCUT2D eigenvalue weighted by molar-refractivity contribution is 0.0628. The van der Waals surface area contributed by atoms with Crippen LogP contribution in [0.25, 0.3) is 5.69 Å². The fourth-order valence-electron chi connectivity index (χ4n) is 4.42. The third kappa shape index (κ3) is 3.80. The predicted octanol–water partition coefficient (Wildman–Crippen LogP) is 3.53. The highest BCUT2D eigenvalue weighted by atomic mass is 32.1. The molecule has 2 aromatic heterocycles. The van der Waals surface area contributed by atoms with Gasteiger partial charge in [0.2, 0.25) is 6.79 Å². The number of carbonyl (C=O) groups is 2. The SMILES string of the molecule is Cc1cc(C(=O)CN2CCN(C(=O)c3cccs3)CC2)c(C)n1-c1ccc2c(c1)OCO2. The molecule has 0 N–H and O–H groups in total. The number of amides is 1. The summed E-state index contributed by atoms with van der Waals surface area (Å²) in [5, 5.41) is 1.92. The first-order chi connectivity index (χ1) is 15.5. The van der Waals surface area contributed by atoms with Gasteiger partial charge in [0.25, 0.3) is 5.91 Å². The fraction of sp³-hybridized carbons (Fsp3) is 0.333. The largest absolute Gasteiger partial charge is 0.454 e. The van der Waals surface area contributed by atoms with Gasteiger partial charge in [-0.25, -0.2) is 0 Å². The molecule has 0 spiro atoms. The van der Waals surface area contributed by atoms with Crippen molar-refractivity contribution < 1.29 is 19.1 Å². The number of aromatic nitrogens is 1. The van der Waals surface area contributed by atoms with Gasteiger partial charge in [0.15, 0.2) is 17.3 Å². The average molecular weight is 452 g/mol. The quantitative estimate of drug-likeness (QED) is 0.556. The van der Waals surface area contributed by atoms with Crippen LogP contribution in [0.2, 0.25) is 0 Å². The zero-order valence-corrected chi connectivity index (χ0v) is 19.0. The Morgan fingerprint density at radius 3 is 2.53 bits per heavy atom. The molecule has 7 nitrogen and oxygen atoms in total. The van der Waals surface area contributed by atoms with Crippen LogP contribution in [-0.4, -0.2) is 65.6 Å². The van der Waals surface area contributed by atoms with Crippen molar-refractivity contribution in [2.45, 2.75) is 13.8 Å². The summed E-state index contributed by atoms with van der Waals surface area (Å²) in [6.07, 6.45) is 0. The number of hydrogen-bond acceptors (Lipinski definition) is 6. The van der Waals surface area contributed by atoms with Crippen LogP contribution in [0, 0.1) is 13.8 Å². The first kappa shape index (κ1) is 20.8. The van der Waals surface area contributed by atoms with Gasteiger partial charge in [0, 0.05) is 54.9 Å². The van der Waals surface area contributed by atoms with E-state index >= 15 is 0 Å². The summed E-state index contributed by atoms with van der Waals surface area (Å²) < 4.78 is 13.0. The van der Waals surface area contributed by atoms with Crippen LogP contribution in [0.4, 0.5) is 0 Å². The van der Waals surface area contributed by atoms with Gasteiger partial charge in [-0.2, -0.15) is 0 Å². The molecule has 8 heteroatoms. The molecular weight excluding hydrogens is 426 g/mol. The third-order valence-corrected chi connectivity index (χ3v) is 6.96. The third-order valence-electron chi connectivity index (χ3n) is 6.10. The number of aryl methyl sites for hydroxylation is 1. The maximum Gasteiger partial charge on any atom is 0.264 e.